The van der Waals surface area contributed by atoms with Crippen LogP contribution >= 0.6 is 11.3 Å². The third-order valence-corrected chi connectivity index (χ3v) is 5.04. The number of nitrogens with one attached hydrogen (secondary N) is 2. The summed E-state index contributed by atoms with van der Waals surface area (Å²) < 4.78 is 0. The highest BCUT2D eigenvalue weighted by molar-refractivity contribution is 7.09. The summed E-state index contributed by atoms with van der Waals surface area (Å²) in [7, 11) is 0. The first-order chi connectivity index (χ1) is 14.6. The molecule has 0 amide bonds. The fourth-order valence-electron chi connectivity index (χ4n) is 2.88. The Balaban J connectivity index is 1.59. The molecule has 8 heteroatoms. The molecule has 4 rings (SSSR count). The molecule has 0 radical (unpaired) electrons. The number of aromatic amines is 1. The monoisotopic (exact) mass is 412 g/mol. The van der Waals surface area contributed by atoms with Crippen LogP contribution in [0.25, 0.3) is 22.5 Å². The number of aryl methyl sites for hydroxylation is 1. The molecule has 0 saturated heterocycles. The van der Waals surface area contributed by atoms with E-state index in [1.807, 2.05) is 60.8 Å². The van der Waals surface area contributed by atoms with Gasteiger partial charge in [-0.25, -0.2) is 15.4 Å². The maximum atomic E-state index is 12.3. The molecule has 0 aliphatic rings. The Hall–Kier alpha value is -4.09. The van der Waals surface area contributed by atoms with Gasteiger partial charge in [-0.1, -0.05) is 48.5 Å². The van der Waals surface area contributed by atoms with Crippen LogP contribution in [0.5, 0.6) is 0 Å². The molecule has 146 valence electrons. The van der Waals surface area contributed by atoms with Gasteiger partial charge in [0.1, 0.15) is 11.6 Å². The fraction of sp³-hybridized carbons (Fsp3) is 0.0455. The number of hydrogen-bond donors (Lipinski definition) is 2. The summed E-state index contributed by atoms with van der Waals surface area (Å²) in [6, 6.07) is 18.8. The number of hydrazone groups is 1. The maximum Gasteiger partial charge on any atom is 0.270 e. The zero-order chi connectivity index (χ0) is 20.9. The number of rotatable bonds is 5. The molecule has 2 N–H and O–H groups in total. The van der Waals surface area contributed by atoms with Crippen LogP contribution in [0.3, 0.4) is 0 Å². The van der Waals surface area contributed by atoms with E-state index in [9.17, 15) is 10.1 Å². The Bertz CT molecular complexity index is 1320. The van der Waals surface area contributed by atoms with Gasteiger partial charge in [-0.15, -0.1) is 11.3 Å². The first-order valence-corrected chi connectivity index (χ1v) is 9.93. The lowest BCUT2D eigenvalue weighted by atomic mass is 10.1. The molecule has 0 fully saturated rings. The number of anilines is 1. The summed E-state index contributed by atoms with van der Waals surface area (Å²) >= 11 is 1.60. The van der Waals surface area contributed by atoms with Crippen LogP contribution in [-0.2, 0) is 0 Å². The molecule has 2 heterocycles. The Labute approximate surface area is 176 Å². The molecule has 0 unspecified atom stereocenters. The average Bonchev–Trinajstić information content (AvgIpc) is 3.21. The minimum absolute atomic E-state index is 0.0398. The molecule has 0 spiro atoms. The normalized spacial score (nSPS) is 10.8. The standard InChI is InChI=1S/C22H16N6OS/c1-14-25-19(13-30-14)17-9-5-6-15(10-17)12-24-28-22-26-20(16-7-3-2-4-8-16)18(11-23)21(29)27-22/h2-10,12-13H,1H3,(H2,26,27,28,29). The van der Waals surface area contributed by atoms with E-state index in [0.717, 1.165) is 21.8 Å². The molecule has 0 aliphatic heterocycles. The van der Waals surface area contributed by atoms with E-state index in [4.69, 9.17) is 0 Å². The third kappa shape index (κ3) is 4.16. The largest absolute Gasteiger partial charge is 0.290 e. The van der Waals surface area contributed by atoms with Gasteiger partial charge in [0.2, 0.25) is 5.95 Å². The first kappa shape index (κ1) is 19.2. The van der Waals surface area contributed by atoms with Gasteiger partial charge in [0.15, 0.2) is 0 Å². The molecule has 30 heavy (non-hydrogen) atoms. The Kier molecular flexibility index (Phi) is 5.46. The van der Waals surface area contributed by atoms with Crippen LogP contribution in [0.1, 0.15) is 16.1 Å². The summed E-state index contributed by atoms with van der Waals surface area (Å²) in [6.45, 7) is 1.97. The number of H-pyrrole nitrogens is 1. The number of nitriles is 1. The van der Waals surface area contributed by atoms with Crippen molar-refractivity contribution in [2.24, 2.45) is 5.10 Å². The number of hydrogen-bond acceptors (Lipinski definition) is 7. The van der Waals surface area contributed by atoms with Gasteiger partial charge in [0.25, 0.3) is 5.56 Å². The summed E-state index contributed by atoms with van der Waals surface area (Å²) in [5.41, 5.74) is 5.95. The van der Waals surface area contributed by atoms with Crippen molar-refractivity contribution in [2.45, 2.75) is 6.92 Å². The van der Waals surface area contributed by atoms with Crippen LogP contribution in [0.2, 0.25) is 0 Å². The van der Waals surface area contributed by atoms with Crippen LogP contribution in [0, 0.1) is 18.3 Å². The number of thiazole rings is 1. The van der Waals surface area contributed by atoms with Crippen LogP contribution in [-0.4, -0.2) is 21.2 Å². The zero-order valence-electron chi connectivity index (χ0n) is 16.0. The summed E-state index contributed by atoms with van der Waals surface area (Å²) in [5, 5.41) is 16.5. The highest BCUT2D eigenvalue weighted by Crippen LogP contribution is 2.22. The number of aromatic nitrogens is 3. The van der Waals surface area contributed by atoms with E-state index < -0.39 is 5.56 Å². The molecule has 0 aliphatic carbocycles. The lowest BCUT2D eigenvalue weighted by Crippen LogP contribution is -2.16. The second kappa shape index (κ2) is 8.51. The smallest absolute Gasteiger partial charge is 0.270 e. The lowest BCUT2D eigenvalue weighted by molar-refractivity contribution is 1.08. The van der Waals surface area contributed by atoms with Crippen molar-refractivity contribution < 1.29 is 0 Å². The van der Waals surface area contributed by atoms with Crippen molar-refractivity contribution in [3.63, 3.8) is 0 Å². The average molecular weight is 412 g/mol. The van der Waals surface area contributed by atoms with Gasteiger partial charge in [-0.3, -0.25) is 9.78 Å². The van der Waals surface area contributed by atoms with E-state index in [0.29, 0.717) is 11.3 Å². The van der Waals surface area contributed by atoms with Crippen molar-refractivity contribution in [1.29, 1.82) is 5.26 Å². The van der Waals surface area contributed by atoms with Crippen molar-refractivity contribution in [3.05, 3.63) is 86.5 Å². The predicted octanol–water partition coefficient (Wildman–Crippen LogP) is 4.19. The molecule has 7 nitrogen and oxygen atoms in total. The maximum absolute atomic E-state index is 12.3. The van der Waals surface area contributed by atoms with Gasteiger partial charge >= 0.3 is 0 Å². The Morgan fingerprint density at radius 1 is 1.13 bits per heavy atom. The molecule has 0 saturated carbocycles. The van der Waals surface area contributed by atoms with Crippen molar-refractivity contribution in [3.8, 4) is 28.6 Å². The van der Waals surface area contributed by atoms with Crippen molar-refractivity contribution >= 4 is 23.5 Å². The SMILES string of the molecule is Cc1nc(-c2cccc(C=NNc3nc(-c4ccccc4)c(C#N)c(=O)[nH]3)c2)cs1. The van der Waals surface area contributed by atoms with Crippen LogP contribution in [0.4, 0.5) is 5.95 Å². The molecule has 0 atom stereocenters. The molecule has 2 aromatic heterocycles. The van der Waals surface area contributed by atoms with E-state index >= 15 is 0 Å². The summed E-state index contributed by atoms with van der Waals surface area (Å²) in [5.74, 6) is 0.153. The lowest BCUT2D eigenvalue weighted by Gasteiger charge is -2.06. The highest BCUT2D eigenvalue weighted by atomic mass is 32.1. The Morgan fingerprint density at radius 3 is 2.67 bits per heavy atom. The van der Waals surface area contributed by atoms with Gasteiger partial charge in [-0.05, 0) is 18.6 Å². The van der Waals surface area contributed by atoms with Crippen molar-refractivity contribution in [1.82, 2.24) is 15.0 Å². The second-order valence-corrected chi connectivity index (χ2v) is 7.43. The first-order valence-electron chi connectivity index (χ1n) is 9.05. The number of nitrogens with zero attached hydrogens (tertiary/aromatic N) is 4. The second-order valence-electron chi connectivity index (χ2n) is 6.36. The van der Waals surface area contributed by atoms with Gasteiger partial charge in [-0.2, -0.15) is 10.4 Å². The highest BCUT2D eigenvalue weighted by Gasteiger charge is 2.12. The van der Waals surface area contributed by atoms with Gasteiger partial charge < -0.3 is 0 Å². The molecule has 2 aromatic carbocycles. The van der Waals surface area contributed by atoms with E-state index in [2.05, 4.69) is 25.5 Å². The summed E-state index contributed by atoms with van der Waals surface area (Å²) in [4.78, 5) is 23.7. The zero-order valence-corrected chi connectivity index (χ0v) is 16.8. The minimum atomic E-state index is -0.523. The van der Waals surface area contributed by atoms with Gasteiger partial charge in [0, 0.05) is 16.5 Å². The fourth-order valence-corrected chi connectivity index (χ4v) is 3.50. The quantitative estimate of drug-likeness (QED) is 0.378. The topological polar surface area (TPSA) is 107 Å². The van der Waals surface area contributed by atoms with Crippen molar-refractivity contribution in [2.75, 3.05) is 5.43 Å². The predicted molar refractivity (Wildman–Crippen MR) is 119 cm³/mol. The molecular weight excluding hydrogens is 396 g/mol. The minimum Gasteiger partial charge on any atom is -0.290 e. The van der Waals surface area contributed by atoms with Crippen LogP contribution in [0.15, 0.2) is 69.9 Å². The molecule has 0 bridgehead atoms. The van der Waals surface area contributed by atoms with Crippen LogP contribution < -0.4 is 11.0 Å². The number of benzene rings is 2. The molecular formula is C22H16N6OS. The van der Waals surface area contributed by atoms with Gasteiger partial charge in [0.05, 0.1) is 22.6 Å². The Morgan fingerprint density at radius 2 is 1.93 bits per heavy atom. The van der Waals surface area contributed by atoms with E-state index in [-0.39, 0.29) is 11.5 Å². The molecule has 4 aromatic rings. The third-order valence-electron chi connectivity index (χ3n) is 4.26. The van der Waals surface area contributed by atoms with E-state index in [1.165, 1.54) is 0 Å². The summed E-state index contributed by atoms with van der Waals surface area (Å²) in [6.07, 6.45) is 1.63. The van der Waals surface area contributed by atoms with E-state index in [1.54, 1.807) is 29.7 Å².